The molecule has 15 heavy (non-hydrogen) atoms. The minimum atomic E-state index is 0.0845. The third kappa shape index (κ3) is 3.70. The zero-order valence-electron chi connectivity index (χ0n) is 8.31. The average Bonchev–Trinajstić information content (AvgIpc) is 2.17. The van der Waals surface area contributed by atoms with Crippen molar-refractivity contribution in [1.29, 1.82) is 0 Å². The fourth-order valence-electron chi connectivity index (χ4n) is 1.15. The smallest absolute Gasteiger partial charge is 0.164 e. The number of hydrogen-bond acceptors (Lipinski definition) is 1. The quantitative estimate of drug-likeness (QED) is 0.604. The topological polar surface area (TPSA) is 17.1 Å². The van der Waals surface area contributed by atoms with Crippen LogP contribution < -0.4 is 0 Å². The molecule has 1 nitrogen and oxygen atoms in total. The van der Waals surface area contributed by atoms with Crippen LogP contribution in [0.25, 0.3) is 0 Å². The summed E-state index contributed by atoms with van der Waals surface area (Å²) < 4.78 is 0.740. The second-order valence-corrected chi connectivity index (χ2v) is 4.26. The van der Waals surface area contributed by atoms with Crippen LogP contribution >= 0.6 is 27.5 Å². The van der Waals surface area contributed by atoms with Crippen molar-refractivity contribution >= 4 is 33.3 Å². The van der Waals surface area contributed by atoms with E-state index in [4.69, 9.17) is 11.6 Å². The van der Waals surface area contributed by atoms with Crippen molar-refractivity contribution in [1.82, 2.24) is 0 Å². The molecule has 0 aliphatic carbocycles. The number of halogens is 2. The molecule has 0 saturated heterocycles. The highest BCUT2D eigenvalue weighted by Gasteiger charge is 2.09. The van der Waals surface area contributed by atoms with Crippen molar-refractivity contribution in [3.63, 3.8) is 0 Å². The first-order chi connectivity index (χ1) is 7.15. The van der Waals surface area contributed by atoms with E-state index in [1.807, 2.05) is 0 Å². The maximum atomic E-state index is 11.7. The number of carbonyl (C=O) groups excluding carboxylic acids is 1. The predicted molar refractivity (Wildman–Crippen MR) is 66.2 cm³/mol. The Kier molecular flexibility index (Phi) is 4.87. The van der Waals surface area contributed by atoms with Crippen molar-refractivity contribution in [3.8, 4) is 11.8 Å². The van der Waals surface area contributed by atoms with E-state index in [1.165, 1.54) is 0 Å². The van der Waals surface area contributed by atoms with Crippen LogP contribution in [0.15, 0.2) is 22.7 Å². The van der Waals surface area contributed by atoms with Crippen LogP contribution in [0.5, 0.6) is 0 Å². The van der Waals surface area contributed by atoms with E-state index >= 15 is 0 Å². The number of benzene rings is 1. The lowest BCUT2D eigenvalue weighted by Crippen LogP contribution is -1.99. The largest absolute Gasteiger partial charge is 0.294 e. The van der Waals surface area contributed by atoms with Gasteiger partial charge < -0.3 is 0 Å². The van der Waals surface area contributed by atoms with E-state index in [2.05, 4.69) is 27.8 Å². The molecule has 1 aromatic rings. The van der Waals surface area contributed by atoms with Crippen LogP contribution in [0.4, 0.5) is 0 Å². The van der Waals surface area contributed by atoms with Crippen molar-refractivity contribution in [2.24, 2.45) is 0 Å². The first-order valence-corrected chi connectivity index (χ1v) is 5.70. The van der Waals surface area contributed by atoms with Gasteiger partial charge in [0.2, 0.25) is 0 Å². The Morgan fingerprint density at radius 1 is 1.53 bits per heavy atom. The summed E-state index contributed by atoms with van der Waals surface area (Å²) in [6, 6.07) is 5.17. The summed E-state index contributed by atoms with van der Waals surface area (Å²) >= 11 is 9.10. The summed E-state index contributed by atoms with van der Waals surface area (Å²) in [4.78, 5) is 11.7. The van der Waals surface area contributed by atoms with Crippen LogP contribution in [0.1, 0.15) is 30.1 Å². The Morgan fingerprint density at radius 2 is 2.27 bits per heavy atom. The highest BCUT2D eigenvalue weighted by atomic mass is 79.9. The molecule has 0 aliphatic heterocycles. The molecule has 0 bridgehead atoms. The fourth-order valence-corrected chi connectivity index (χ4v) is 2.06. The Labute approximate surface area is 103 Å². The van der Waals surface area contributed by atoms with Crippen molar-refractivity contribution in [3.05, 3.63) is 33.3 Å². The molecule has 1 rings (SSSR count). The highest BCUT2D eigenvalue weighted by molar-refractivity contribution is 9.10. The molecule has 0 aliphatic rings. The molecule has 1 aromatic carbocycles. The minimum absolute atomic E-state index is 0.0845. The summed E-state index contributed by atoms with van der Waals surface area (Å²) in [6.45, 7) is 1.77. The van der Waals surface area contributed by atoms with Gasteiger partial charge in [-0.1, -0.05) is 11.6 Å². The summed E-state index contributed by atoms with van der Waals surface area (Å²) in [6.07, 6.45) is 1.05. The van der Waals surface area contributed by atoms with Gasteiger partial charge in [0.1, 0.15) is 0 Å². The third-order valence-electron chi connectivity index (χ3n) is 1.89. The molecule has 0 radical (unpaired) electrons. The molecule has 0 spiro atoms. The van der Waals surface area contributed by atoms with Crippen molar-refractivity contribution < 1.29 is 4.79 Å². The summed E-state index contributed by atoms with van der Waals surface area (Å²) in [5.41, 5.74) is 0.664. The average molecular weight is 286 g/mol. The molecule has 0 saturated carbocycles. The normalized spacial score (nSPS) is 9.27. The summed E-state index contributed by atoms with van der Waals surface area (Å²) in [5, 5.41) is 0.617. The number of Topliss-reactive ketones (excluding diaryl/α,β-unsaturated/α-hetero) is 1. The van der Waals surface area contributed by atoms with Crippen LogP contribution in [0, 0.1) is 11.8 Å². The van der Waals surface area contributed by atoms with E-state index in [1.54, 1.807) is 25.1 Å². The molecule has 0 amide bonds. The number of rotatable bonds is 3. The third-order valence-corrected chi connectivity index (χ3v) is 2.78. The summed E-state index contributed by atoms with van der Waals surface area (Å²) in [5.74, 6) is 5.72. The number of hydrogen-bond donors (Lipinski definition) is 0. The zero-order valence-corrected chi connectivity index (χ0v) is 10.7. The highest BCUT2D eigenvalue weighted by Crippen LogP contribution is 2.22. The van der Waals surface area contributed by atoms with Gasteiger partial charge in [0.15, 0.2) is 5.78 Å². The predicted octanol–water partition coefficient (Wildman–Crippen LogP) is 4.09. The standard InChI is InChI=1S/C12H10BrClO/c1-2-3-4-5-12(15)10-7-6-9(14)8-11(10)13/h6-8H,4-5H2,1H3. The van der Waals surface area contributed by atoms with Gasteiger partial charge in [0.25, 0.3) is 0 Å². The molecule has 78 valence electrons. The molecule has 0 atom stereocenters. The van der Waals surface area contributed by atoms with Crippen LogP contribution in [0.3, 0.4) is 0 Å². The maximum absolute atomic E-state index is 11.7. The van der Waals surface area contributed by atoms with Gasteiger partial charge in [-0.3, -0.25) is 4.79 Å². The van der Waals surface area contributed by atoms with Gasteiger partial charge >= 0.3 is 0 Å². The SMILES string of the molecule is CC#CCCC(=O)c1ccc(Cl)cc1Br. The number of ketones is 1. The Balaban J connectivity index is 2.76. The van der Waals surface area contributed by atoms with E-state index in [9.17, 15) is 4.79 Å². The Hall–Kier alpha value is -0.780. The second-order valence-electron chi connectivity index (χ2n) is 2.97. The first-order valence-electron chi connectivity index (χ1n) is 4.53. The molecule has 0 heterocycles. The van der Waals surface area contributed by atoms with Crippen molar-refractivity contribution in [2.75, 3.05) is 0 Å². The molecule has 3 heteroatoms. The lowest BCUT2D eigenvalue weighted by Gasteiger charge is -2.02. The summed E-state index contributed by atoms with van der Waals surface area (Å²) in [7, 11) is 0. The first kappa shape index (κ1) is 12.3. The van der Waals surface area contributed by atoms with Gasteiger partial charge in [0, 0.05) is 27.9 Å². The molecular weight excluding hydrogens is 275 g/mol. The van der Waals surface area contributed by atoms with Crippen LogP contribution in [-0.4, -0.2) is 5.78 Å². The van der Waals surface area contributed by atoms with E-state index in [-0.39, 0.29) is 5.78 Å². The Morgan fingerprint density at radius 3 is 2.87 bits per heavy atom. The second kappa shape index (κ2) is 5.95. The minimum Gasteiger partial charge on any atom is -0.294 e. The van der Waals surface area contributed by atoms with Crippen LogP contribution in [-0.2, 0) is 0 Å². The lowest BCUT2D eigenvalue weighted by molar-refractivity contribution is 0.0983. The van der Waals surface area contributed by atoms with Crippen molar-refractivity contribution in [2.45, 2.75) is 19.8 Å². The molecule has 0 aromatic heterocycles. The molecular formula is C12H10BrClO. The maximum Gasteiger partial charge on any atom is 0.164 e. The Bertz CT molecular complexity index is 429. The molecule has 0 unspecified atom stereocenters. The number of carbonyl (C=O) groups is 1. The fraction of sp³-hybridized carbons (Fsp3) is 0.250. The van der Waals surface area contributed by atoms with E-state index in [0.29, 0.717) is 23.4 Å². The van der Waals surface area contributed by atoms with Crippen LogP contribution in [0.2, 0.25) is 5.02 Å². The van der Waals surface area contributed by atoms with E-state index in [0.717, 1.165) is 4.47 Å². The molecule has 0 fully saturated rings. The van der Waals surface area contributed by atoms with Gasteiger partial charge in [-0.25, -0.2) is 0 Å². The van der Waals surface area contributed by atoms with E-state index < -0.39 is 0 Å². The zero-order chi connectivity index (χ0) is 11.3. The monoisotopic (exact) mass is 284 g/mol. The van der Waals surface area contributed by atoms with Gasteiger partial charge in [-0.2, -0.15) is 0 Å². The van der Waals surface area contributed by atoms with Gasteiger partial charge in [0.05, 0.1) is 0 Å². The lowest BCUT2D eigenvalue weighted by atomic mass is 10.1. The van der Waals surface area contributed by atoms with Gasteiger partial charge in [-0.15, -0.1) is 11.8 Å². The van der Waals surface area contributed by atoms with Gasteiger partial charge in [-0.05, 0) is 41.1 Å². The molecule has 0 N–H and O–H groups in total.